The number of hydrogen-bond donors (Lipinski definition) is 0. The molecule has 3 unspecified atom stereocenters. The monoisotopic (exact) mass is 420 g/mol. The molecule has 1 fully saturated rings. The third-order valence-corrected chi connectivity index (χ3v) is 3.95. The van der Waals surface area contributed by atoms with Crippen molar-refractivity contribution in [2.45, 2.75) is 36.2 Å². The van der Waals surface area contributed by atoms with Crippen LogP contribution in [-0.2, 0) is 14.3 Å². The van der Waals surface area contributed by atoms with Gasteiger partial charge in [0.05, 0.1) is 0 Å². The van der Waals surface area contributed by atoms with Gasteiger partial charge in [0.25, 0.3) is 0 Å². The topological polar surface area (TPSA) is 46.6 Å². The Morgan fingerprint density at radius 3 is 2.62 bits per heavy atom. The van der Waals surface area contributed by atoms with Gasteiger partial charge in [-0.25, -0.2) is 0 Å². The number of carbonyl (C=O) groups excluding carboxylic acids is 2. The van der Waals surface area contributed by atoms with Crippen LogP contribution < -0.4 is 0 Å². The molecule has 0 bridgehead atoms. The number of ether oxygens (including phenoxy) is 1. The Hall–Kier alpha value is -0.138. The molecule has 0 aromatic heterocycles. The average Bonchev–Trinajstić information content (AvgIpc) is 2.26. The van der Waals surface area contributed by atoms with Crippen LogP contribution in [0.15, 0.2) is 0 Å². The minimum atomic E-state index is -0.363. The van der Waals surface area contributed by atoms with Crippen molar-refractivity contribution in [1.29, 1.82) is 0 Å². The summed E-state index contributed by atoms with van der Waals surface area (Å²) in [7, 11) is 1.38. The van der Waals surface area contributed by atoms with E-state index < -0.39 is 0 Å². The van der Waals surface area contributed by atoms with E-state index in [4.69, 9.17) is 4.74 Å². The fraction of sp³-hybridized carbons (Fsp3) is 0.818. The summed E-state index contributed by atoms with van der Waals surface area (Å²) in [5.41, 5.74) is 0. The molecule has 89 valence electrons. The zero-order chi connectivity index (χ0) is 12.3. The van der Waals surface area contributed by atoms with E-state index in [1.807, 2.05) is 6.92 Å². The molecule has 0 aromatic rings. The Balaban J connectivity index is 2.80. The first kappa shape index (κ1) is 13.9. The van der Waals surface area contributed by atoms with Crippen molar-refractivity contribution in [2.24, 2.45) is 5.92 Å². The van der Waals surface area contributed by atoms with Crippen LogP contribution in [0, 0.1) is 5.92 Å². The van der Waals surface area contributed by atoms with E-state index in [2.05, 4.69) is 6.92 Å². The molecule has 0 spiro atoms. The van der Waals surface area contributed by atoms with Crippen molar-refractivity contribution in [1.82, 2.24) is 4.90 Å². The van der Waals surface area contributed by atoms with E-state index in [-0.39, 0.29) is 21.4 Å². The Labute approximate surface area is 112 Å². The summed E-state index contributed by atoms with van der Waals surface area (Å²) in [6.45, 7) is 4.72. The molecule has 16 heavy (non-hydrogen) atoms. The number of esters is 1. The Kier molecular flexibility index (Phi) is 5.20. The second-order valence-corrected chi connectivity index (χ2v) is 7.79. The van der Waals surface area contributed by atoms with Crippen molar-refractivity contribution in [2.75, 3.05) is 13.7 Å². The molecule has 3 radical (unpaired) electrons. The second kappa shape index (κ2) is 5.98. The first-order chi connectivity index (χ1) is 7.47. The van der Waals surface area contributed by atoms with Gasteiger partial charge in [0.2, 0.25) is 0 Å². The first-order valence-electron chi connectivity index (χ1n) is 5.56. The molecule has 1 amide bonds. The van der Waals surface area contributed by atoms with Crippen LogP contribution in [0.1, 0.15) is 26.7 Å². The minimum absolute atomic E-state index is 0.0700. The molecule has 0 N–H and O–H groups in total. The fourth-order valence-electron chi connectivity index (χ4n) is 2.01. The van der Waals surface area contributed by atoms with E-state index in [9.17, 15) is 9.59 Å². The van der Waals surface area contributed by atoms with Crippen LogP contribution in [-0.4, -0.2) is 62.2 Å². The third-order valence-electron chi connectivity index (χ3n) is 2.99. The molecule has 1 aliphatic heterocycles. The zero-order valence-corrected chi connectivity index (χ0v) is 13.9. The van der Waals surface area contributed by atoms with Gasteiger partial charge >= 0.3 is 113 Å². The quantitative estimate of drug-likeness (QED) is 0.491. The van der Waals surface area contributed by atoms with Gasteiger partial charge in [0.15, 0.2) is 0 Å². The van der Waals surface area contributed by atoms with Gasteiger partial charge in [-0.3, -0.25) is 0 Å². The van der Waals surface area contributed by atoms with E-state index in [0.717, 1.165) is 38.6 Å². The summed E-state index contributed by atoms with van der Waals surface area (Å²) >= 11 is 0.826. The van der Waals surface area contributed by atoms with Crippen molar-refractivity contribution >= 4 is 37.6 Å². The van der Waals surface area contributed by atoms with Crippen molar-refractivity contribution in [3.05, 3.63) is 0 Å². The Morgan fingerprint density at radius 1 is 1.50 bits per heavy atom. The van der Waals surface area contributed by atoms with Crippen LogP contribution in [0.2, 0.25) is 3.48 Å². The van der Waals surface area contributed by atoms with Crippen molar-refractivity contribution < 1.29 is 14.3 Å². The standard InChI is InChI=1S/C11H18NO3.Pb/c1-4-10(13)12-6-5-8(2)7-9(12)11(14)15-3;/h4,8-9H,5-7H2,1-3H3;. The summed E-state index contributed by atoms with van der Waals surface area (Å²) in [5, 5.41) is 0. The van der Waals surface area contributed by atoms with Crippen LogP contribution >= 0.6 is 0 Å². The zero-order valence-electron chi connectivity index (χ0n) is 10.0. The number of nitrogens with zero attached hydrogens (tertiary/aromatic N) is 1. The van der Waals surface area contributed by atoms with Gasteiger partial charge in [-0.2, -0.15) is 0 Å². The summed E-state index contributed by atoms with van der Waals surface area (Å²) < 4.78 is 4.85. The number of rotatable bonds is 2. The van der Waals surface area contributed by atoms with Gasteiger partial charge < -0.3 is 0 Å². The van der Waals surface area contributed by atoms with Crippen LogP contribution in [0.3, 0.4) is 0 Å². The average molecular weight is 419 g/mol. The number of methoxy groups -OCH3 is 1. The molecular weight excluding hydrogens is 401 g/mol. The van der Waals surface area contributed by atoms with Crippen LogP contribution in [0.25, 0.3) is 0 Å². The Bertz CT molecular complexity index is 280. The third kappa shape index (κ3) is 3.18. The van der Waals surface area contributed by atoms with Gasteiger partial charge in [-0.1, -0.05) is 0 Å². The van der Waals surface area contributed by atoms with Crippen molar-refractivity contribution in [3.63, 3.8) is 0 Å². The Morgan fingerprint density at radius 2 is 2.12 bits per heavy atom. The van der Waals surface area contributed by atoms with Crippen molar-refractivity contribution in [3.8, 4) is 0 Å². The molecule has 1 heterocycles. The maximum atomic E-state index is 12.0. The fourth-order valence-corrected chi connectivity index (χ4v) is 2.66. The second-order valence-electron chi connectivity index (χ2n) is 4.42. The molecule has 1 aliphatic rings. The maximum absolute atomic E-state index is 12.0. The first-order valence-corrected chi connectivity index (χ1v) is 7.81. The number of carbonyl (C=O) groups is 2. The van der Waals surface area contributed by atoms with Gasteiger partial charge in [-0.05, 0) is 0 Å². The summed E-state index contributed by atoms with van der Waals surface area (Å²) in [6.07, 6.45) is 1.71. The molecule has 5 heteroatoms. The molecule has 1 rings (SSSR count). The SMILES string of the molecule is COC(=O)C1CC(C)CCN1C(=O)[CH](C)[Pb]. The molecule has 0 saturated carbocycles. The van der Waals surface area contributed by atoms with Gasteiger partial charge in [0, 0.05) is 0 Å². The van der Waals surface area contributed by atoms with E-state index in [1.165, 1.54) is 7.11 Å². The molecule has 3 atom stereocenters. The summed E-state index contributed by atoms with van der Waals surface area (Å²) in [4.78, 5) is 25.3. The molecule has 0 aromatic carbocycles. The number of likely N-dealkylation sites (tertiary alicyclic amines) is 1. The van der Waals surface area contributed by atoms with Crippen LogP contribution in [0.5, 0.6) is 0 Å². The van der Waals surface area contributed by atoms with E-state index >= 15 is 0 Å². The van der Waals surface area contributed by atoms with Crippen LogP contribution in [0.4, 0.5) is 0 Å². The number of piperidine rings is 1. The summed E-state index contributed by atoms with van der Waals surface area (Å²) in [6, 6.07) is -0.363. The molecule has 4 nitrogen and oxygen atoms in total. The van der Waals surface area contributed by atoms with Gasteiger partial charge in [-0.15, -0.1) is 0 Å². The predicted molar refractivity (Wildman–Crippen MR) is 61.1 cm³/mol. The normalized spacial score (nSPS) is 27.4. The van der Waals surface area contributed by atoms with Gasteiger partial charge in [0.1, 0.15) is 0 Å². The predicted octanol–water partition coefficient (Wildman–Crippen LogP) is 0.763. The molecule has 1 saturated heterocycles. The van der Waals surface area contributed by atoms with E-state index in [0.29, 0.717) is 12.5 Å². The molecule has 0 aliphatic carbocycles. The van der Waals surface area contributed by atoms with E-state index in [1.54, 1.807) is 4.90 Å². The number of amides is 1. The summed E-state index contributed by atoms with van der Waals surface area (Å²) in [5.74, 6) is 0.314. The molecular formula is C11H18NO3Pb. The number of hydrogen-bond acceptors (Lipinski definition) is 3.